The molecule has 1 aromatic carbocycles. The van der Waals surface area contributed by atoms with Crippen LogP contribution in [0.5, 0.6) is 0 Å². The molecule has 8 nitrogen and oxygen atoms in total. The third-order valence-corrected chi connectivity index (χ3v) is 5.68. The largest absolute Gasteiger partial charge is 0.492 e. The number of hydrogen-bond acceptors (Lipinski definition) is 5. The summed E-state index contributed by atoms with van der Waals surface area (Å²) in [6.45, 7) is 13.1. The summed E-state index contributed by atoms with van der Waals surface area (Å²) in [4.78, 5) is 27.1. The molecule has 172 valence electrons. The number of carboxylic acids is 1. The average molecular weight is 442 g/mol. The van der Waals surface area contributed by atoms with Gasteiger partial charge in [-0.1, -0.05) is 24.3 Å². The predicted molar refractivity (Wildman–Crippen MR) is 124 cm³/mol. The second kappa shape index (κ2) is 8.29. The van der Waals surface area contributed by atoms with Gasteiger partial charge in [-0.05, 0) is 60.0 Å². The van der Waals surface area contributed by atoms with E-state index < -0.39 is 36.0 Å². The molecular weight excluding hydrogens is 411 g/mol. The minimum absolute atomic E-state index is 0.0532. The van der Waals surface area contributed by atoms with Gasteiger partial charge in [0.2, 0.25) is 0 Å². The third-order valence-electron chi connectivity index (χ3n) is 5.68. The molecule has 1 saturated heterocycles. The van der Waals surface area contributed by atoms with E-state index in [-0.39, 0.29) is 12.2 Å². The lowest BCUT2D eigenvalue weighted by molar-refractivity contribution is 0.00578. The van der Waals surface area contributed by atoms with Crippen LogP contribution in [0.3, 0.4) is 0 Å². The number of ether oxygens (including phenoxy) is 1. The normalized spacial score (nSPS) is 18.1. The molecular formula is C23H31BN2O6. The zero-order valence-corrected chi connectivity index (χ0v) is 19.7. The van der Waals surface area contributed by atoms with Gasteiger partial charge in [-0.25, -0.2) is 9.59 Å². The Morgan fingerprint density at radius 2 is 1.75 bits per heavy atom. The molecule has 3 rings (SSSR count). The summed E-state index contributed by atoms with van der Waals surface area (Å²) >= 11 is 0. The highest BCUT2D eigenvalue weighted by atomic mass is 16.7. The zero-order valence-electron chi connectivity index (χ0n) is 19.7. The smallest absolute Gasteiger partial charge is 0.477 e. The van der Waals surface area contributed by atoms with Crippen LogP contribution in [0.1, 0.15) is 64.5 Å². The molecule has 0 unspecified atom stereocenters. The number of alkyl carbamates (subject to hydrolysis) is 1. The van der Waals surface area contributed by atoms with Gasteiger partial charge in [0.1, 0.15) is 11.3 Å². The van der Waals surface area contributed by atoms with Gasteiger partial charge in [0.15, 0.2) is 0 Å². The lowest BCUT2D eigenvalue weighted by Crippen LogP contribution is -2.41. The van der Waals surface area contributed by atoms with E-state index >= 15 is 0 Å². The van der Waals surface area contributed by atoms with Crippen LogP contribution in [0, 0.1) is 0 Å². The van der Waals surface area contributed by atoms with Crippen molar-refractivity contribution in [3.63, 3.8) is 0 Å². The molecule has 0 aliphatic carbocycles. The molecule has 0 bridgehead atoms. The number of rotatable bonds is 5. The molecule has 2 aromatic rings. The minimum Gasteiger partial charge on any atom is -0.477 e. The number of hydrogen-bond donors (Lipinski definition) is 3. The summed E-state index contributed by atoms with van der Waals surface area (Å²) in [7, 11) is -0.773. The van der Waals surface area contributed by atoms with E-state index in [9.17, 15) is 14.7 Å². The summed E-state index contributed by atoms with van der Waals surface area (Å²) in [5, 5.41) is 13.2. The number of aromatic amines is 1. The van der Waals surface area contributed by atoms with E-state index in [2.05, 4.69) is 10.3 Å². The molecule has 1 aliphatic heterocycles. The van der Waals surface area contributed by atoms with E-state index in [0.29, 0.717) is 16.6 Å². The van der Waals surface area contributed by atoms with Crippen molar-refractivity contribution in [2.45, 2.75) is 65.3 Å². The molecule has 1 aromatic heterocycles. The van der Waals surface area contributed by atoms with Crippen LogP contribution in [0.15, 0.2) is 29.7 Å². The van der Waals surface area contributed by atoms with Gasteiger partial charge in [0, 0.05) is 23.0 Å². The Balaban J connectivity index is 2.03. The first-order chi connectivity index (χ1) is 14.7. The van der Waals surface area contributed by atoms with E-state index in [1.807, 2.05) is 52.0 Å². The third kappa shape index (κ3) is 5.00. The number of para-hydroxylation sites is 1. The monoisotopic (exact) mass is 442 g/mol. The second-order valence-electron chi connectivity index (χ2n) is 9.93. The number of carbonyl (C=O) groups is 2. The highest BCUT2D eigenvalue weighted by molar-refractivity contribution is 6.56. The van der Waals surface area contributed by atoms with E-state index in [1.165, 1.54) is 0 Å². The van der Waals surface area contributed by atoms with Crippen LogP contribution in [0.4, 0.5) is 4.79 Å². The number of aromatic carboxylic acids is 1. The van der Waals surface area contributed by atoms with Gasteiger partial charge in [-0.2, -0.15) is 0 Å². The molecule has 1 aliphatic rings. The number of carboxylic acid groups (broad SMARTS) is 1. The van der Waals surface area contributed by atoms with Gasteiger partial charge in [0.05, 0.1) is 11.2 Å². The van der Waals surface area contributed by atoms with Crippen molar-refractivity contribution in [3.05, 3.63) is 41.0 Å². The molecule has 32 heavy (non-hydrogen) atoms. The van der Waals surface area contributed by atoms with Crippen molar-refractivity contribution in [1.29, 1.82) is 0 Å². The Bertz CT molecular complexity index is 1050. The van der Waals surface area contributed by atoms with Crippen molar-refractivity contribution in [1.82, 2.24) is 10.3 Å². The highest BCUT2D eigenvalue weighted by Gasteiger charge is 2.52. The maximum atomic E-state index is 12.3. The molecule has 1 fully saturated rings. The van der Waals surface area contributed by atoms with Crippen LogP contribution in [0.25, 0.3) is 17.0 Å². The lowest BCUT2D eigenvalue weighted by atomic mass is 9.76. The minimum atomic E-state index is -1.08. The lowest BCUT2D eigenvalue weighted by Gasteiger charge is -2.32. The van der Waals surface area contributed by atoms with Gasteiger partial charge >= 0.3 is 19.2 Å². The molecule has 0 spiro atoms. The van der Waals surface area contributed by atoms with Crippen molar-refractivity contribution in [2.75, 3.05) is 6.54 Å². The number of benzene rings is 1. The fourth-order valence-electron chi connectivity index (χ4n) is 3.35. The van der Waals surface area contributed by atoms with E-state index in [0.717, 1.165) is 5.39 Å². The van der Waals surface area contributed by atoms with Crippen molar-refractivity contribution in [2.24, 2.45) is 0 Å². The van der Waals surface area contributed by atoms with Crippen LogP contribution < -0.4 is 5.32 Å². The predicted octanol–water partition coefficient (Wildman–Crippen LogP) is 4.41. The fraction of sp³-hybridized carbons (Fsp3) is 0.478. The van der Waals surface area contributed by atoms with Crippen molar-refractivity contribution < 1.29 is 28.7 Å². The van der Waals surface area contributed by atoms with Crippen LogP contribution >= 0.6 is 0 Å². The molecule has 9 heteroatoms. The maximum Gasteiger partial charge on any atom is 0.492 e. The molecule has 1 amide bonds. The highest BCUT2D eigenvalue weighted by Crippen LogP contribution is 2.39. The van der Waals surface area contributed by atoms with Gasteiger partial charge in [0.25, 0.3) is 0 Å². The van der Waals surface area contributed by atoms with Gasteiger partial charge in [-0.3, -0.25) is 0 Å². The second-order valence-corrected chi connectivity index (χ2v) is 9.93. The Hall–Kier alpha value is -2.78. The summed E-state index contributed by atoms with van der Waals surface area (Å²) < 4.78 is 17.7. The van der Waals surface area contributed by atoms with E-state index in [4.69, 9.17) is 14.0 Å². The van der Waals surface area contributed by atoms with Crippen molar-refractivity contribution >= 4 is 36.2 Å². The summed E-state index contributed by atoms with van der Waals surface area (Å²) in [5.41, 5.74) is -0.0320. The number of H-pyrrole nitrogens is 1. The first-order valence-corrected chi connectivity index (χ1v) is 10.6. The Morgan fingerprint density at radius 3 is 2.31 bits per heavy atom. The Kier molecular flexibility index (Phi) is 6.19. The maximum absolute atomic E-state index is 12.3. The summed E-state index contributed by atoms with van der Waals surface area (Å²) in [6, 6.07) is 7.32. The van der Waals surface area contributed by atoms with Crippen LogP contribution in [0.2, 0.25) is 0 Å². The fourth-order valence-corrected chi connectivity index (χ4v) is 3.35. The standard InChI is InChI=1S/C23H31BN2O6/c1-21(2,3)30-20(29)25-13-14(24-31-22(4,5)23(6,7)32-24)12-16-15-10-8-9-11-17(15)26-18(16)19(27)28/h8-12,26H,13H2,1-7H3,(H,25,29)(H,27,28). The average Bonchev–Trinajstić information content (AvgIpc) is 3.11. The van der Waals surface area contributed by atoms with Crippen LogP contribution in [-0.4, -0.2) is 52.6 Å². The first kappa shape index (κ1) is 23.9. The van der Waals surface area contributed by atoms with Gasteiger partial charge < -0.3 is 29.5 Å². The zero-order chi connectivity index (χ0) is 23.9. The molecule has 3 N–H and O–H groups in total. The van der Waals surface area contributed by atoms with E-state index in [1.54, 1.807) is 26.8 Å². The number of carbonyl (C=O) groups excluding carboxylic acids is 1. The quantitative estimate of drug-likeness (QED) is 0.592. The molecule has 0 saturated carbocycles. The first-order valence-electron chi connectivity index (χ1n) is 10.6. The number of amides is 1. The molecule has 2 heterocycles. The number of aromatic nitrogens is 1. The Morgan fingerprint density at radius 1 is 1.16 bits per heavy atom. The van der Waals surface area contributed by atoms with Crippen molar-refractivity contribution in [3.8, 4) is 0 Å². The van der Waals surface area contributed by atoms with Gasteiger partial charge in [-0.15, -0.1) is 0 Å². The van der Waals surface area contributed by atoms with Crippen LogP contribution in [-0.2, 0) is 14.0 Å². The Labute approximate surface area is 188 Å². The summed E-state index contributed by atoms with van der Waals surface area (Å²) in [6.07, 6.45) is 1.12. The molecule has 0 radical (unpaired) electrons. The summed E-state index contributed by atoms with van der Waals surface area (Å²) in [5.74, 6) is -1.08. The SMILES string of the molecule is CC(C)(C)OC(=O)NCC(=Cc1c(C(=O)O)[nH]c2ccccc12)B1OC(C)(C)C(C)(C)O1. The number of fused-ring (bicyclic) bond motifs is 1. The molecule has 0 atom stereocenters. The topological polar surface area (TPSA) is 110 Å². The number of nitrogens with one attached hydrogen (secondary N) is 2.